The number of hydrogen-bond donors (Lipinski definition) is 3. The molecule has 0 unspecified atom stereocenters. The van der Waals surface area contributed by atoms with Gasteiger partial charge in [0.05, 0.1) is 24.4 Å². The summed E-state index contributed by atoms with van der Waals surface area (Å²) in [5.41, 5.74) is 1.12. The molecule has 8 nitrogen and oxygen atoms in total. The molecule has 3 N–H and O–H groups in total. The lowest BCUT2D eigenvalue weighted by molar-refractivity contribution is -0.0907. The zero-order chi connectivity index (χ0) is 19.1. The van der Waals surface area contributed by atoms with E-state index in [1.165, 1.54) is 25.7 Å². The summed E-state index contributed by atoms with van der Waals surface area (Å²) in [5, 5.41) is 24.0. The van der Waals surface area contributed by atoms with Crippen LogP contribution in [-0.2, 0) is 11.3 Å². The molecular weight excluding hydrogens is 346 g/mol. The Balaban J connectivity index is 1.43. The summed E-state index contributed by atoms with van der Waals surface area (Å²) < 4.78 is 7.94. The van der Waals surface area contributed by atoms with Gasteiger partial charge in [0.1, 0.15) is 6.10 Å². The van der Waals surface area contributed by atoms with Crippen molar-refractivity contribution in [3.63, 3.8) is 0 Å². The standard InChI is InChI=1S/C19H33N5O3/c1-2-10-20-19(26)21-16-8-7-15(27-18(16)13-25)9-11-24-12-17(22-23-24)14-5-3-4-6-14/h12,14-16,18,25H,2-11,13H2,1H3,(H2,20,21,26)/t15-,16-,18-/m1/s1. The van der Waals surface area contributed by atoms with Crippen LogP contribution in [0.15, 0.2) is 6.20 Å². The maximum atomic E-state index is 11.9. The van der Waals surface area contributed by atoms with Crippen molar-refractivity contribution in [2.24, 2.45) is 0 Å². The van der Waals surface area contributed by atoms with Crippen molar-refractivity contribution in [1.29, 1.82) is 0 Å². The molecule has 1 aromatic heterocycles. The average molecular weight is 380 g/mol. The highest BCUT2D eigenvalue weighted by Crippen LogP contribution is 2.32. The molecule has 1 saturated carbocycles. The summed E-state index contributed by atoms with van der Waals surface area (Å²) in [6.07, 6.45) is 10.2. The molecule has 3 atom stereocenters. The minimum absolute atomic E-state index is 0.0676. The fourth-order valence-electron chi connectivity index (χ4n) is 4.07. The van der Waals surface area contributed by atoms with Crippen LogP contribution in [0.2, 0.25) is 0 Å². The Morgan fingerprint density at radius 2 is 2.15 bits per heavy atom. The summed E-state index contributed by atoms with van der Waals surface area (Å²) in [5.74, 6) is 0.578. The first kappa shape index (κ1) is 20.1. The number of nitrogens with one attached hydrogen (secondary N) is 2. The van der Waals surface area contributed by atoms with Gasteiger partial charge in [-0.1, -0.05) is 25.0 Å². The second-order valence-corrected chi connectivity index (χ2v) is 7.74. The Hall–Kier alpha value is -1.67. The van der Waals surface area contributed by atoms with Gasteiger partial charge in [0.25, 0.3) is 0 Å². The normalized spacial score (nSPS) is 26.2. The number of nitrogens with zero attached hydrogens (tertiary/aromatic N) is 3. The van der Waals surface area contributed by atoms with E-state index in [2.05, 4.69) is 27.1 Å². The molecule has 1 aliphatic heterocycles. The van der Waals surface area contributed by atoms with Crippen molar-refractivity contribution in [2.75, 3.05) is 13.2 Å². The first-order valence-corrected chi connectivity index (χ1v) is 10.4. The van der Waals surface area contributed by atoms with Crippen LogP contribution >= 0.6 is 0 Å². The summed E-state index contributed by atoms with van der Waals surface area (Å²) in [6, 6.07) is -0.340. The number of aryl methyl sites for hydroxylation is 1. The lowest BCUT2D eigenvalue weighted by Gasteiger charge is -2.36. The molecule has 2 fully saturated rings. The van der Waals surface area contributed by atoms with Gasteiger partial charge in [-0.25, -0.2) is 4.79 Å². The predicted molar refractivity (Wildman–Crippen MR) is 101 cm³/mol. The van der Waals surface area contributed by atoms with Crippen LogP contribution < -0.4 is 10.6 Å². The number of carbonyl (C=O) groups excluding carboxylic acids is 1. The molecule has 8 heteroatoms. The molecule has 2 aliphatic rings. The largest absolute Gasteiger partial charge is 0.394 e. The number of ether oxygens (including phenoxy) is 1. The van der Waals surface area contributed by atoms with Gasteiger partial charge in [-0.15, -0.1) is 5.10 Å². The van der Waals surface area contributed by atoms with E-state index in [0.29, 0.717) is 12.5 Å². The maximum absolute atomic E-state index is 11.9. The highest BCUT2D eigenvalue weighted by atomic mass is 16.5. The average Bonchev–Trinajstić information content (AvgIpc) is 3.37. The molecule has 3 rings (SSSR count). The van der Waals surface area contributed by atoms with E-state index < -0.39 is 0 Å². The third kappa shape index (κ3) is 5.65. The Kier molecular flexibility index (Phi) is 7.46. The van der Waals surface area contributed by atoms with E-state index in [4.69, 9.17) is 4.74 Å². The van der Waals surface area contributed by atoms with E-state index in [1.54, 1.807) is 0 Å². The second kappa shape index (κ2) is 10.0. The molecular formula is C19H33N5O3. The SMILES string of the molecule is CCCNC(=O)N[C@@H]1CC[C@H](CCn2cc(C3CCCC3)nn2)O[C@@H]1CO. The smallest absolute Gasteiger partial charge is 0.315 e. The van der Waals surface area contributed by atoms with Crippen LogP contribution in [0.4, 0.5) is 4.79 Å². The Labute approximate surface area is 161 Å². The van der Waals surface area contributed by atoms with Gasteiger partial charge in [-0.3, -0.25) is 4.68 Å². The molecule has 0 aromatic carbocycles. The summed E-state index contributed by atoms with van der Waals surface area (Å²) >= 11 is 0. The Bertz CT molecular complexity index is 588. The number of rotatable bonds is 8. The lowest BCUT2D eigenvalue weighted by atomic mass is 9.97. The summed E-state index contributed by atoms with van der Waals surface area (Å²) in [7, 11) is 0. The highest BCUT2D eigenvalue weighted by molar-refractivity contribution is 5.74. The fourth-order valence-corrected chi connectivity index (χ4v) is 4.07. The number of aromatic nitrogens is 3. The number of urea groups is 1. The zero-order valence-electron chi connectivity index (χ0n) is 16.3. The van der Waals surface area contributed by atoms with Crippen LogP contribution in [0.25, 0.3) is 0 Å². The summed E-state index contributed by atoms with van der Waals surface area (Å²) in [6.45, 7) is 3.32. The summed E-state index contributed by atoms with van der Waals surface area (Å²) in [4.78, 5) is 11.9. The zero-order valence-corrected chi connectivity index (χ0v) is 16.3. The molecule has 152 valence electrons. The van der Waals surface area contributed by atoms with E-state index in [1.807, 2.05) is 11.6 Å². The highest BCUT2D eigenvalue weighted by Gasteiger charge is 2.31. The molecule has 0 radical (unpaired) electrons. The van der Waals surface area contributed by atoms with Gasteiger partial charge in [0, 0.05) is 25.2 Å². The molecule has 0 bridgehead atoms. The molecule has 0 spiro atoms. The van der Waals surface area contributed by atoms with E-state index in [0.717, 1.165) is 37.9 Å². The fraction of sp³-hybridized carbons (Fsp3) is 0.842. The maximum Gasteiger partial charge on any atom is 0.315 e. The van der Waals surface area contributed by atoms with E-state index >= 15 is 0 Å². The van der Waals surface area contributed by atoms with Crippen molar-refractivity contribution in [3.05, 3.63) is 11.9 Å². The van der Waals surface area contributed by atoms with Crippen LogP contribution in [0.3, 0.4) is 0 Å². The van der Waals surface area contributed by atoms with Crippen LogP contribution in [0.5, 0.6) is 0 Å². The van der Waals surface area contributed by atoms with Gasteiger partial charge in [0.15, 0.2) is 0 Å². The number of aliphatic hydroxyl groups is 1. The topological polar surface area (TPSA) is 101 Å². The van der Waals surface area contributed by atoms with Gasteiger partial charge in [-0.2, -0.15) is 0 Å². The Morgan fingerprint density at radius 1 is 1.33 bits per heavy atom. The third-order valence-electron chi connectivity index (χ3n) is 5.66. The number of aliphatic hydroxyl groups excluding tert-OH is 1. The van der Waals surface area contributed by atoms with Gasteiger partial charge in [0.2, 0.25) is 0 Å². The molecule has 1 aliphatic carbocycles. The molecule has 2 amide bonds. The quantitative estimate of drug-likeness (QED) is 0.641. The van der Waals surface area contributed by atoms with Gasteiger partial charge >= 0.3 is 6.03 Å². The first-order valence-electron chi connectivity index (χ1n) is 10.4. The number of hydrogen-bond acceptors (Lipinski definition) is 5. The third-order valence-corrected chi connectivity index (χ3v) is 5.66. The molecule has 27 heavy (non-hydrogen) atoms. The van der Waals surface area contributed by atoms with E-state index in [-0.39, 0.29) is 30.9 Å². The number of amides is 2. The monoisotopic (exact) mass is 379 g/mol. The van der Waals surface area contributed by atoms with Crippen molar-refractivity contribution in [2.45, 2.75) is 89.0 Å². The predicted octanol–water partition coefficient (Wildman–Crippen LogP) is 1.94. The van der Waals surface area contributed by atoms with Crippen molar-refractivity contribution in [1.82, 2.24) is 25.6 Å². The lowest BCUT2D eigenvalue weighted by Crippen LogP contribution is -2.53. The van der Waals surface area contributed by atoms with Crippen LogP contribution in [0, 0.1) is 0 Å². The van der Waals surface area contributed by atoms with Crippen molar-refractivity contribution < 1.29 is 14.6 Å². The minimum atomic E-state index is -0.360. The molecule has 1 saturated heterocycles. The van der Waals surface area contributed by atoms with Crippen LogP contribution in [0.1, 0.15) is 69.9 Å². The minimum Gasteiger partial charge on any atom is -0.394 e. The Morgan fingerprint density at radius 3 is 2.89 bits per heavy atom. The van der Waals surface area contributed by atoms with E-state index in [9.17, 15) is 9.90 Å². The molecule has 2 heterocycles. The first-order chi connectivity index (χ1) is 13.2. The number of carbonyl (C=O) groups is 1. The van der Waals surface area contributed by atoms with Gasteiger partial charge in [-0.05, 0) is 38.5 Å². The second-order valence-electron chi connectivity index (χ2n) is 7.74. The van der Waals surface area contributed by atoms with Crippen LogP contribution in [-0.4, -0.2) is 57.5 Å². The molecule has 1 aromatic rings. The van der Waals surface area contributed by atoms with Crippen molar-refractivity contribution in [3.8, 4) is 0 Å². The van der Waals surface area contributed by atoms with Gasteiger partial charge < -0.3 is 20.5 Å². The van der Waals surface area contributed by atoms with Crippen molar-refractivity contribution >= 4 is 6.03 Å².